The smallest absolute Gasteiger partial charge is 0.221 e. The van der Waals surface area contributed by atoms with Crippen LogP contribution >= 0.6 is 0 Å². The van der Waals surface area contributed by atoms with Gasteiger partial charge in [-0.1, -0.05) is 6.07 Å². The fourth-order valence-electron chi connectivity index (χ4n) is 2.28. The fraction of sp³-hybridized carbons (Fsp3) is 0.500. The van der Waals surface area contributed by atoms with Crippen LogP contribution in [0.3, 0.4) is 0 Å². The molecule has 0 fully saturated rings. The summed E-state index contributed by atoms with van der Waals surface area (Å²) in [6, 6.07) is 6.11. The number of nitrogens with zero attached hydrogens (tertiary/aromatic N) is 1. The second-order valence-electron chi connectivity index (χ2n) is 4.46. The average molecular weight is 248 g/mol. The van der Waals surface area contributed by atoms with E-state index >= 15 is 0 Å². The van der Waals surface area contributed by atoms with E-state index in [4.69, 9.17) is 4.74 Å². The van der Waals surface area contributed by atoms with Crippen LogP contribution in [0, 0.1) is 0 Å². The molecule has 4 nitrogen and oxygen atoms in total. The first kappa shape index (κ1) is 12.9. The van der Waals surface area contributed by atoms with Gasteiger partial charge in [0.1, 0.15) is 0 Å². The van der Waals surface area contributed by atoms with Crippen LogP contribution in [0.25, 0.3) is 0 Å². The second kappa shape index (κ2) is 5.87. The molecule has 1 aromatic carbocycles. The number of nitrogens with one attached hydrogen (secondary N) is 1. The molecule has 1 amide bonds. The summed E-state index contributed by atoms with van der Waals surface area (Å²) < 4.78 is 5.39. The normalized spacial score (nSPS) is 13.6. The molecule has 0 saturated heterocycles. The molecule has 0 saturated carbocycles. The third-order valence-corrected chi connectivity index (χ3v) is 3.11. The molecule has 1 aliphatic rings. The Bertz CT molecular complexity index is 432. The molecular weight excluding hydrogens is 228 g/mol. The summed E-state index contributed by atoms with van der Waals surface area (Å²) >= 11 is 0. The first-order valence-corrected chi connectivity index (χ1v) is 6.44. The van der Waals surface area contributed by atoms with Gasteiger partial charge in [0.25, 0.3) is 0 Å². The van der Waals surface area contributed by atoms with Crippen molar-refractivity contribution in [2.75, 3.05) is 36.5 Å². The molecule has 0 aromatic heterocycles. The van der Waals surface area contributed by atoms with Gasteiger partial charge in [0.15, 0.2) is 0 Å². The first-order chi connectivity index (χ1) is 8.70. The molecule has 0 bridgehead atoms. The van der Waals surface area contributed by atoms with Gasteiger partial charge < -0.3 is 15.0 Å². The van der Waals surface area contributed by atoms with E-state index in [0.717, 1.165) is 38.4 Å². The Morgan fingerprint density at radius 3 is 3.06 bits per heavy atom. The van der Waals surface area contributed by atoms with E-state index in [-0.39, 0.29) is 5.91 Å². The van der Waals surface area contributed by atoms with Gasteiger partial charge in [-0.05, 0) is 31.0 Å². The van der Waals surface area contributed by atoms with E-state index in [2.05, 4.69) is 22.3 Å². The lowest BCUT2D eigenvalue weighted by Gasteiger charge is -2.19. The van der Waals surface area contributed by atoms with E-state index in [1.54, 1.807) is 0 Å². The van der Waals surface area contributed by atoms with Gasteiger partial charge in [0, 0.05) is 38.0 Å². The van der Waals surface area contributed by atoms with Gasteiger partial charge in [-0.15, -0.1) is 0 Å². The van der Waals surface area contributed by atoms with Crippen LogP contribution in [0.2, 0.25) is 0 Å². The van der Waals surface area contributed by atoms with Crippen molar-refractivity contribution in [3.63, 3.8) is 0 Å². The van der Waals surface area contributed by atoms with E-state index in [9.17, 15) is 4.79 Å². The number of fused-ring (bicyclic) bond motifs is 1. The fourth-order valence-corrected chi connectivity index (χ4v) is 2.28. The van der Waals surface area contributed by atoms with Gasteiger partial charge in [0.2, 0.25) is 5.91 Å². The van der Waals surface area contributed by atoms with Crippen molar-refractivity contribution >= 4 is 17.3 Å². The Hall–Kier alpha value is -1.55. The minimum absolute atomic E-state index is 0.0335. The van der Waals surface area contributed by atoms with E-state index < -0.39 is 0 Å². The summed E-state index contributed by atoms with van der Waals surface area (Å²) in [5.74, 6) is -0.0335. The number of hydrogen-bond acceptors (Lipinski definition) is 3. The maximum atomic E-state index is 11.1. The molecule has 0 spiro atoms. The summed E-state index contributed by atoms with van der Waals surface area (Å²) in [4.78, 5) is 13.4. The molecular formula is C14H20N2O2. The van der Waals surface area contributed by atoms with E-state index in [1.807, 2.05) is 13.0 Å². The van der Waals surface area contributed by atoms with Crippen molar-refractivity contribution < 1.29 is 9.53 Å². The highest BCUT2D eigenvalue weighted by Gasteiger charge is 2.18. The van der Waals surface area contributed by atoms with Crippen LogP contribution in [0.15, 0.2) is 18.2 Å². The monoisotopic (exact) mass is 248 g/mol. The SMILES string of the molecule is CCOCCN1CCc2ccc(NC(C)=O)cc21. The molecule has 2 rings (SSSR count). The number of carbonyl (C=O) groups is 1. The lowest BCUT2D eigenvalue weighted by Crippen LogP contribution is -2.25. The highest BCUT2D eigenvalue weighted by atomic mass is 16.5. The number of benzene rings is 1. The van der Waals surface area contributed by atoms with Crippen LogP contribution in [-0.2, 0) is 16.0 Å². The summed E-state index contributed by atoms with van der Waals surface area (Å²) in [6.45, 7) is 6.98. The van der Waals surface area contributed by atoms with E-state index in [0.29, 0.717) is 0 Å². The minimum atomic E-state index is -0.0335. The standard InChI is InChI=1S/C14H20N2O2/c1-3-18-9-8-16-7-6-12-4-5-13(10-14(12)16)15-11(2)17/h4-5,10H,3,6-9H2,1-2H3,(H,15,17). The number of amides is 1. The molecule has 18 heavy (non-hydrogen) atoms. The van der Waals surface area contributed by atoms with Gasteiger partial charge in [-0.2, -0.15) is 0 Å². The maximum Gasteiger partial charge on any atom is 0.221 e. The molecule has 0 radical (unpaired) electrons. The highest BCUT2D eigenvalue weighted by molar-refractivity contribution is 5.89. The summed E-state index contributed by atoms with van der Waals surface area (Å²) in [5, 5.41) is 2.83. The van der Waals surface area contributed by atoms with Gasteiger partial charge in [0.05, 0.1) is 6.61 Å². The van der Waals surface area contributed by atoms with Crippen LogP contribution < -0.4 is 10.2 Å². The third-order valence-electron chi connectivity index (χ3n) is 3.11. The van der Waals surface area contributed by atoms with Gasteiger partial charge in [-0.25, -0.2) is 0 Å². The van der Waals surface area contributed by atoms with E-state index in [1.165, 1.54) is 18.2 Å². The largest absolute Gasteiger partial charge is 0.380 e. The summed E-state index contributed by atoms with van der Waals surface area (Å²) in [7, 11) is 0. The Morgan fingerprint density at radius 1 is 1.50 bits per heavy atom. The van der Waals surface area contributed by atoms with Crippen LogP contribution in [0.5, 0.6) is 0 Å². The van der Waals surface area contributed by atoms with Crippen molar-refractivity contribution in [3.8, 4) is 0 Å². The first-order valence-electron chi connectivity index (χ1n) is 6.44. The van der Waals surface area contributed by atoms with Crippen molar-refractivity contribution in [1.29, 1.82) is 0 Å². The van der Waals surface area contributed by atoms with Gasteiger partial charge in [-0.3, -0.25) is 4.79 Å². The lowest BCUT2D eigenvalue weighted by molar-refractivity contribution is -0.114. The molecule has 1 aliphatic heterocycles. The molecule has 1 heterocycles. The van der Waals surface area contributed by atoms with Crippen LogP contribution in [0.1, 0.15) is 19.4 Å². The second-order valence-corrected chi connectivity index (χ2v) is 4.46. The maximum absolute atomic E-state index is 11.1. The average Bonchev–Trinajstić information content (AvgIpc) is 2.72. The Labute approximate surface area is 108 Å². The molecule has 0 unspecified atom stereocenters. The predicted octanol–water partition coefficient (Wildman–Crippen LogP) is 2.04. The Kier molecular flexibility index (Phi) is 4.20. The summed E-state index contributed by atoms with van der Waals surface area (Å²) in [6.07, 6.45) is 1.07. The third kappa shape index (κ3) is 3.01. The number of rotatable bonds is 5. The van der Waals surface area contributed by atoms with Crippen molar-refractivity contribution in [2.24, 2.45) is 0 Å². The van der Waals surface area contributed by atoms with Crippen molar-refractivity contribution in [2.45, 2.75) is 20.3 Å². The zero-order chi connectivity index (χ0) is 13.0. The number of anilines is 2. The number of hydrogen-bond donors (Lipinski definition) is 1. The van der Waals surface area contributed by atoms with Gasteiger partial charge >= 0.3 is 0 Å². The molecule has 4 heteroatoms. The van der Waals surface area contributed by atoms with Crippen molar-refractivity contribution in [1.82, 2.24) is 0 Å². The molecule has 98 valence electrons. The van der Waals surface area contributed by atoms with Crippen molar-refractivity contribution in [3.05, 3.63) is 23.8 Å². The quantitative estimate of drug-likeness (QED) is 0.811. The Balaban J connectivity index is 2.07. The highest BCUT2D eigenvalue weighted by Crippen LogP contribution is 2.30. The molecule has 1 aromatic rings. The summed E-state index contributed by atoms with van der Waals surface area (Å²) in [5.41, 5.74) is 3.44. The molecule has 0 aliphatic carbocycles. The molecule has 0 atom stereocenters. The zero-order valence-corrected chi connectivity index (χ0v) is 11.0. The number of carbonyl (C=O) groups excluding carboxylic acids is 1. The zero-order valence-electron chi connectivity index (χ0n) is 11.0. The predicted molar refractivity (Wildman–Crippen MR) is 73.2 cm³/mol. The lowest BCUT2D eigenvalue weighted by atomic mass is 10.1. The number of ether oxygens (including phenoxy) is 1. The van der Waals surface area contributed by atoms with Crippen LogP contribution in [-0.4, -0.2) is 32.2 Å². The molecule has 1 N–H and O–H groups in total. The topological polar surface area (TPSA) is 41.6 Å². The van der Waals surface area contributed by atoms with Crippen LogP contribution in [0.4, 0.5) is 11.4 Å². The Morgan fingerprint density at radius 2 is 2.33 bits per heavy atom. The minimum Gasteiger partial charge on any atom is -0.380 e.